The number of nitrogens with one attached hydrogen (secondary N) is 2. The molecular weight excluding hydrogens is 348 g/mol. The summed E-state index contributed by atoms with van der Waals surface area (Å²) in [6.07, 6.45) is 4.03. The zero-order chi connectivity index (χ0) is 17.4. The molecule has 0 radical (unpaired) electrons. The number of furan rings is 1. The largest absolute Gasteiger partial charge is 0.467 e. The Balaban J connectivity index is 2.00. The molecule has 1 aromatic carbocycles. The lowest BCUT2D eigenvalue weighted by Gasteiger charge is -2.18. The zero-order valence-electron chi connectivity index (χ0n) is 13.3. The standard InChI is InChI=1S/C17H19ClN2O3S/c1-24-10-8-15(17(22)19-11-12-5-4-9-23-12)20-16(21)13-6-2-3-7-14(13)18/h2-7,9,15H,8,10-11H2,1H3,(H,19,22)(H,20,21). The van der Waals surface area contributed by atoms with Gasteiger partial charge in [-0.05, 0) is 42.7 Å². The van der Waals surface area contributed by atoms with Gasteiger partial charge in [0, 0.05) is 0 Å². The van der Waals surface area contributed by atoms with Crippen LogP contribution in [0.1, 0.15) is 22.5 Å². The number of rotatable bonds is 8. The molecule has 2 rings (SSSR count). The number of halogens is 1. The van der Waals surface area contributed by atoms with Gasteiger partial charge in [0.1, 0.15) is 11.8 Å². The normalized spacial score (nSPS) is 11.8. The molecule has 1 unspecified atom stereocenters. The Morgan fingerprint density at radius 3 is 2.71 bits per heavy atom. The Kier molecular flexibility index (Phi) is 7.21. The van der Waals surface area contributed by atoms with Crippen molar-refractivity contribution in [2.24, 2.45) is 0 Å². The van der Waals surface area contributed by atoms with Crippen LogP contribution in [0.5, 0.6) is 0 Å². The number of amides is 2. The van der Waals surface area contributed by atoms with Crippen molar-refractivity contribution in [2.75, 3.05) is 12.0 Å². The molecule has 0 saturated carbocycles. The molecular formula is C17H19ClN2O3S. The first-order valence-electron chi connectivity index (χ1n) is 7.46. The number of benzene rings is 1. The van der Waals surface area contributed by atoms with Gasteiger partial charge in [-0.1, -0.05) is 23.7 Å². The van der Waals surface area contributed by atoms with E-state index in [-0.39, 0.29) is 18.4 Å². The Morgan fingerprint density at radius 2 is 2.04 bits per heavy atom. The summed E-state index contributed by atoms with van der Waals surface area (Å²) in [5.41, 5.74) is 0.354. The minimum atomic E-state index is -0.629. The predicted molar refractivity (Wildman–Crippen MR) is 96.3 cm³/mol. The molecule has 7 heteroatoms. The molecule has 0 spiro atoms. The summed E-state index contributed by atoms with van der Waals surface area (Å²) in [5, 5.41) is 5.89. The van der Waals surface area contributed by atoms with Gasteiger partial charge in [-0.2, -0.15) is 11.8 Å². The lowest BCUT2D eigenvalue weighted by atomic mass is 10.1. The van der Waals surface area contributed by atoms with Gasteiger partial charge in [-0.3, -0.25) is 9.59 Å². The second-order valence-electron chi connectivity index (χ2n) is 5.08. The number of carbonyl (C=O) groups is 2. The van der Waals surface area contributed by atoms with Crippen molar-refractivity contribution >= 4 is 35.2 Å². The van der Waals surface area contributed by atoms with Gasteiger partial charge in [-0.15, -0.1) is 0 Å². The van der Waals surface area contributed by atoms with E-state index in [1.165, 1.54) is 0 Å². The molecule has 0 bridgehead atoms. The summed E-state index contributed by atoms with van der Waals surface area (Å²) in [4.78, 5) is 24.8. The van der Waals surface area contributed by atoms with Gasteiger partial charge in [0.2, 0.25) is 5.91 Å². The van der Waals surface area contributed by atoms with E-state index in [2.05, 4.69) is 10.6 Å². The Morgan fingerprint density at radius 1 is 1.25 bits per heavy atom. The third-order valence-corrected chi connectivity index (χ3v) is 4.34. The maximum Gasteiger partial charge on any atom is 0.253 e. The highest BCUT2D eigenvalue weighted by Gasteiger charge is 2.22. The summed E-state index contributed by atoms with van der Waals surface area (Å²) in [5.74, 6) is 0.798. The second-order valence-corrected chi connectivity index (χ2v) is 6.48. The number of carbonyl (C=O) groups excluding carboxylic acids is 2. The first-order chi connectivity index (χ1) is 11.6. The average Bonchev–Trinajstić information content (AvgIpc) is 3.10. The highest BCUT2D eigenvalue weighted by Crippen LogP contribution is 2.15. The third kappa shape index (κ3) is 5.32. The van der Waals surface area contributed by atoms with Crippen molar-refractivity contribution in [2.45, 2.75) is 19.0 Å². The fraction of sp³-hybridized carbons (Fsp3) is 0.294. The van der Waals surface area contributed by atoms with E-state index in [0.717, 1.165) is 5.75 Å². The van der Waals surface area contributed by atoms with Gasteiger partial charge < -0.3 is 15.1 Å². The van der Waals surface area contributed by atoms with E-state index in [4.69, 9.17) is 16.0 Å². The maximum atomic E-state index is 12.4. The predicted octanol–water partition coefficient (Wildman–Crippen LogP) is 3.10. The molecule has 2 amide bonds. The summed E-state index contributed by atoms with van der Waals surface area (Å²) < 4.78 is 5.19. The van der Waals surface area contributed by atoms with Crippen molar-refractivity contribution in [3.63, 3.8) is 0 Å². The van der Waals surface area contributed by atoms with Crippen LogP contribution in [-0.4, -0.2) is 29.9 Å². The molecule has 0 aliphatic carbocycles. The maximum absolute atomic E-state index is 12.4. The quantitative estimate of drug-likeness (QED) is 0.753. The molecule has 2 aromatic rings. The van der Waals surface area contributed by atoms with Crippen LogP contribution in [0.2, 0.25) is 5.02 Å². The monoisotopic (exact) mass is 366 g/mol. The van der Waals surface area contributed by atoms with Gasteiger partial charge in [0.15, 0.2) is 0 Å². The summed E-state index contributed by atoms with van der Waals surface area (Å²) >= 11 is 7.65. The first-order valence-corrected chi connectivity index (χ1v) is 9.23. The molecule has 1 aromatic heterocycles. The van der Waals surface area contributed by atoms with Gasteiger partial charge in [-0.25, -0.2) is 0 Å². The molecule has 1 atom stereocenters. The van der Waals surface area contributed by atoms with Crippen LogP contribution in [-0.2, 0) is 11.3 Å². The lowest BCUT2D eigenvalue weighted by molar-refractivity contribution is -0.123. The average molecular weight is 367 g/mol. The molecule has 5 nitrogen and oxygen atoms in total. The number of hydrogen-bond donors (Lipinski definition) is 2. The molecule has 0 aliphatic rings. The van der Waals surface area contributed by atoms with E-state index < -0.39 is 6.04 Å². The van der Waals surface area contributed by atoms with Crippen molar-refractivity contribution in [1.29, 1.82) is 0 Å². The zero-order valence-corrected chi connectivity index (χ0v) is 14.8. The topological polar surface area (TPSA) is 71.3 Å². The molecule has 1 heterocycles. The summed E-state index contributed by atoms with van der Waals surface area (Å²) in [6, 6.07) is 9.66. The van der Waals surface area contributed by atoms with Crippen LogP contribution in [0.3, 0.4) is 0 Å². The Bertz CT molecular complexity index is 676. The van der Waals surface area contributed by atoms with Crippen LogP contribution in [0.4, 0.5) is 0 Å². The van der Waals surface area contributed by atoms with Crippen molar-refractivity contribution in [3.05, 3.63) is 59.0 Å². The minimum absolute atomic E-state index is 0.249. The lowest BCUT2D eigenvalue weighted by Crippen LogP contribution is -2.46. The molecule has 0 saturated heterocycles. The van der Waals surface area contributed by atoms with Gasteiger partial charge >= 0.3 is 0 Å². The van der Waals surface area contributed by atoms with E-state index in [9.17, 15) is 9.59 Å². The summed E-state index contributed by atoms with van der Waals surface area (Å²) in [7, 11) is 0. The number of thioether (sulfide) groups is 1. The highest BCUT2D eigenvalue weighted by molar-refractivity contribution is 7.98. The molecule has 0 fully saturated rings. The van der Waals surface area contributed by atoms with E-state index in [0.29, 0.717) is 22.8 Å². The van der Waals surface area contributed by atoms with Crippen molar-refractivity contribution in [1.82, 2.24) is 10.6 Å². The van der Waals surface area contributed by atoms with Crippen LogP contribution in [0.25, 0.3) is 0 Å². The number of hydrogen-bond acceptors (Lipinski definition) is 4. The smallest absolute Gasteiger partial charge is 0.253 e. The second kappa shape index (κ2) is 9.39. The van der Waals surface area contributed by atoms with Crippen LogP contribution in [0.15, 0.2) is 47.1 Å². The SMILES string of the molecule is CSCCC(NC(=O)c1ccccc1Cl)C(=O)NCc1ccco1. The van der Waals surface area contributed by atoms with E-state index >= 15 is 0 Å². The fourth-order valence-corrected chi connectivity index (χ4v) is 2.79. The first kappa shape index (κ1) is 18.4. The third-order valence-electron chi connectivity index (χ3n) is 3.37. The van der Waals surface area contributed by atoms with Crippen molar-refractivity contribution in [3.8, 4) is 0 Å². The van der Waals surface area contributed by atoms with Gasteiger partial charge in [0.05, 0.1) is 23.4 Å². The summed E-state index contributed by atoms with van der Waals surface area (Å²) in [6.45, 7) is 0.281. The van der Waals surface area contributed by atoms with Crippen LogP contribution >= 0.6 is 23.4 Å². The minimum Gasteiger partial charge on any atom is -0.467 e. The van der Waals surface area contributed by atoms with Crippen LogP contribution in [0, 0.1) is 0 Å². The van der Waals surface area contributed by atoms with Crippen LogP contribution < -0.4 is 10.6 Å². The Hall–Kier alpha value is -1.92. The highest BCUT2D eigenvalue weighted by atomic mass is 35.5. The van der Waals surface area contributed by atoms with Gasteiger partial charge in [0.25, 0.3) is 5.91 Å². The van der Waals surface area contributed by atoms with Crippen molar-refractivity contribution < 1.29 is 14.0 Å². The van der Waals surface area contributed by atoms with E-state index in [1.54, 1.807) is 54.4 Å². The molecule has 2 N–H and O–H groups in total. The molecule has 128 valence electrons. The molecule has 0 aliphatic heterocycles. The Labute approximate surface area is 150 Å². The fourth-order valence-electron chi connectivity index (χ4n) is 2.10. The van der Waals surface area contributed by atoms with E-state index in [1.807, 2.05) is 6.26 Å². The molecule has 24 heavy (non-hydrogen) atoms.